The van der Waals surface area contributed by atoms with Gasteiger partial charge in [-0.3, -0.25) is 4.79 Å². The van der Waals surface area contributed by atoms with Gasteiger partial charge in [0.05, 0.1) is 16.6 Å². The molecular formula is C24H31BO4. The molecule has 0 radical (unpaired) electrons. The maximum Gasteiger partial charge on any atom is 0.495 e. The lowest BCUT2D eigenvalue weighted by Crippen LogP contribution is -2.41. The molecule has 0 atom stereocenters. The fourth-order valence-electron chi connectivity index (χ4n) is 3.36. The largest absolute Gasteiger partial charge is 0.495 e. The molecule has 2 aromatic carbocycles. The number of ether oxygens (including phenoxy) is 1. The highest BCUT2D eigenvalue weighted by molar-refractivity contribution is 6.62. The van der Waals surface area contributed by atoms with Crippen LogP contribution in [0, 0.1) is 5.41 Å². The third-order valence-corrected chi connectivity index (χ3v) is 5.96. The molecule has 4 nitrogen and oxygen atoms in total. The van der Waals surface area contributed by atoms with Gasteiger partial charge in [-0.1, -0.05) is 54.6 Å². The highest BCUT2D eigenvalue weighted by Crippen LogP contribution is 2.37. The molecule has 3 rings (SSSR count). The van der Waals surface area contributed by atoms with Crippen molar-refractivity contribution >= 4 is 18.6 Å². The van der Waals surface area contributed by atoms with Crippen LogP contribution >= 0.6 is 0 Å². The molecule has 0 unspecified atom stereocenters. The topological polar surface area (TPSA) is 44.8 Å². The Hall–Kier alpha value is -2.11. The number of esters is 1. The van der Waals surface area contributed by atoms with E-state index in [2.05, 4.69) is 0 Å². The number of hydrogen-bond acceptors (Lipinski definition) is 4. The Kier molecular flexibility index (Phi) is 5.93. The van der Waals surface area contributed by atoms with Gasteiger partial charge in [0.15, 0.2) is 0 Å². The predicted molar refractivity (Wildman–Crippen MR) is 116 cm³/mol. The van der Waals surface area contributed by atoms with Crippen LogP contribution in [0.25, 0.3) is 0 Å². The van der Waals surface area contributed by atoms with Crippen molar-refractivity contribution in [3.63, 3.8) is 0 Å². The molecule has 0 spiro atoms. The van der Waals surface area contributed by atoms with Crippen LogP contribution in [0.4, 0.5) is 0 Å². The summed E-state index contributed by atoms with van der Waals surface area (Å²) in [6.45, 7) is 12.3. The fourth-order valence-corrected chi connectivity index (χ4v) is 3.36. The van der Waals surface area contributed by atoms with Gasteiger partial charge in [-0.25, -0.2) is 0 Å². The highest BCUT2D eigenvalue weighted by atomic mass is 16.7. The zero-order valence-electron chi connectivity index (χ0n) is 18.3. The van der Waals surface area contributed by atoms with E-state index in [0.29, 0.717) is 6.42 Å². The monoisotopic (exact) mass is 394 g/mol. The van der Waals surface area contributed by atoms with Crippen molar-refractivity contribution in [2.24, 2.45) is 5.41 Å². The Bertz CT molecular complexity index is 842. The maximum absolute atomic E-state index is 12.8. The molecule has 1 aliphatic heterocycles. The van der Waals surface area contributed by atoms with Gasteiger partial charge in [0.2, 0.25) is 0 Å². The van der Waals surface area contributed by atoms with Gasteiger partial charge < -0.3 is 14.0 Å². The van der Waals surface area contributed by atoms with Gasteiger partial charge in [-0.15, -0.1) is 0 Å². The number of rotatable bonds is 6. The molecule has 2 aromatic rings. The summed E-state index contributed by atoms with van der Waals surface area (Å²) in [7, 11) is -0.452. The summed E-state index contributed by atoms with van der Waals surface area (Å²) >= 11 is 0. The SMILES string of the molecule is CC(C)(Cc1ccccc1B1OC(C)(C)C(C)(C)O1)C(=O)OCc1ccccc1. The van der Waals surface area contributed by atoms with Crippen LogP contribution in [0.1, 0.15) is 52.7 Å². The molecule has 5 heteroatoms. The Morgan fingerprint density at radius 1 is 0.931 bits per heavy atom. The predicted octanol–water partition coefficient (Wildman–Crippen LogP) is 4.30. The summed E-state index contributed by atoms with van der Waals surface area (Å²) < 4.78 is 18.1. The van der Waals surface area contributed by atoms with E-state index in [1.807, 2.05) is 96.1 Å². The lowest BCUT2D eigenvalue weighted by Gasteiger charge is -2.32. The summed E-state index contributed by atoms with van der Waals surface area (Å²) in [5, 5.41) is 0. The van der Waals surface area contributed by atoms with E-state index < -0.39 is 23.7 Å². The van der Waals surface area contributed by atoms with Crippen LogP contribution < -0.4 is 5.46 Å². The van der Waals surface area contributed by atoms with E-state index in [0.717, 1.165) is 16.6 Å². The zero-order valence-corrected chi connectivity index (χ0v) is 18.3. The Balaban J connectivity index is 1.73. The average molecular weight is 394 g/mol. The third-order valence-electron chi connectivity index (χ3n) is 5.96. The first-order chi connectivity index (χ1) is 13.5. The summed E-state index contributed by atoms with van der Waals surface area (Å²) in [6, 6.07) is 17.7. The molecule has 1 heterocycles. The Morgan fingerprint density at radius 3 is 2.10 bits per heavy atom. The number of hydrogen-bond donors (Lipinski definition) is 0. The van der Waals surface area contributed by atoms with Crippen molar-refractivity contribution in [3.8, 4) is 0 Å². The molecule has 29 heavy (non-hydrogen) atoms. The number of carbonyl (C=O) groups is 1. The molecule has 0 aliphatic carbocycles. The van der Waals surface area contributed by atoms with Crippen LogP contribution in [0.5, 0.6) is 0 Å². The van der Waals surface area contributed by atoms with E-state index >= 15 is 0 Å². The van der Waals surface area contributed by atoms with Gasteiger partial charge in [-0.2, -0.15) is 0 Å². The molecule has 0 bridgehead atoms. The maximum atomic E-state index is 12.8. The van der Waals surface area contributed by atoms with Crippen molar-refractivity contribution in [2.45, 2.75) is 65.8 Å². The normalized spacial score (nSPS) is 17.9. The number of carbonyl (C=O) groups excluding carboxylic acids is 1. The molecule has 154 valence electrons. The molecular weight excluding hydrogens is 363 g/mol. The van der Waals surface area contributed by atoms with Crippen LogP contribution in [0.3, 0.4) is 0 Å². The Morgan fingerprint density at radius 2 is 1.48 bits per heavy atom. The minimum absolute atomic E-state index is 0.218. The minimum Gasteiger partial charge on any atom is -0.460 e. The summed E-state index contributed by atoms with van der Waals surface area (Å²) in [6.07, 6.45) is 0.543. The molecule has 1 saturated heterocycles. The van der Waals surface area contributed by atoms with Crippen molar-refractivity contribution < 1.29 is 18.8 Å². The van der Waals surface area contributed by atoms with E-state index in [1.54, 1.807) is 0 Å². The molecule has 0 aromatic heterocycles. The number of benzene rings is 2. The third kappa shape index (κ3) is 4.73. The van der Waals surface area contributed by atoms with Crippen molar-refractivity contribution in [2.75, 3.05) is 0 Å². The second-order valence-corrected chi connectivity index (χ2v) is 9.41. The first-order valence-electron chi connectivity index (χ1n) is 10.2. The molecule has 0 amide bonds. The minimum atomic E-state index is -0.672. The summed E-state index contributed by atoms with van der Waals surface area (Å²) in [5.41, 5.74) is 1.50. The van der Waals surface area contributed by atoms with Crippen molar-refractivity contribution in [3.05, 3.63) is 65.7 Å². The molecule has 0 N–H and O–H groups in total. The van der Waals surface area contributed by atoms with Gasteiger partial charge >= 0.3 is 13.1 Å². The molecule has 1 fully saturated rings. The van der Waals surface area contributed by atoms with Gasteiger partial charge in [0.25, 0.3) is 0 Å². The van der Waals surface area contributed by atoms with Crippen molar-refractivity contribution in [1.29, 1.82) is 0 Å². The lowest BCUT2D eigenvalue weighted by molar-refractivity contribution is -0.155. The van der Waals surface area contributed by atoms with Crippen LogP contribution in [0.15, 0.2) is 54.6 Å². The van der Waals surface area contributed by atoms with E-state index in [9.17, 15) is 4.79 Å². The second-order valence-electron chi connectivity index (χ2n) is 9.41. The lowest BCUT2D eigenvalue weighted by atomic mass is 9.72. The smallest absolute Gasteiger partial charge is 0.460 e. The average Bonchev–Trinajstić information content (AvgIpc) is 2.88. The van der Waals surface area contributed by atoms with E-state index in [-0.39, 0.29) is 12.6 Å². The Labute approximate surface area is 174 Å². The second kappa shape index (κ2) is 7.96. The van der Waals surface area contributed by atoms with Crippen LogP contribution in [-0.4, -0.2) is 24.3 Å². The quantitative estimate of drug-likeness (QED) is 0.542. The van der Waals surface area contributed by atoms with Crippen LogP contribution in [0.2, 0.25) is 0 Å². The van der Waals surface area contributed by atoms with E-state index in [4.69, 9.17) is 14.0 Å². The molecule has 1 aliphatic rings. The first kappa shape index (κ1) is 21.6. The zero-order chi connectivity index (χ0) is 21.3. The highest BCUT2D eigenvalue weighted by Gasteiger charge is 2.52. The van der Waals surface area contributed by atoms with Crippen molar-refractivity contribution in [1.82, 2.24) is 0 Å². The van der Waals surface area contributed by atoms with Gasteiger partial charge in [0, 0.05) is 0 Å². The van der Waals surface area contributed by atoms with Crippen LogP contribution in [-0.2, 0) is 31.9 Å². The van der Waals surface area contributed by atoms with Gasteiger partial charge in [0.1, 0.15) is 6.61 Å². The summed E-state index contributed by atoms with van der Waals surface area (Å²) in [5.74, 6) is -0.218. The van der Waals surface area contributed by atoms with Gasteiger partial charge in [-0.05, 0) is 64.6 Å². The van der Waals surface area contributed by atoms with E-state index in [1.165, 1.54) is 0 Å². The fraction of sp³-hybridized carbons (Fsp3) is 0.458. The summed E-state index contributed by atoms with van der Waals surface area (Å²) in [4.78, 5) is 12.8. The standard InChI is InChI=1S/C24H31BO4/c1-22(2,21(26)27-17-18-12-8-7-9-13-18)16-19-14-10-11-15-20(19)25-28-23(3,4)24(5,6)29-25/h7-15H,16-17H2,1-6H3. The first-order valence-corrected chi connectivity index (χ1v) is 10.2. The molecule has 0 saturated carbocycles.